The van der Waals surface area contributed by atoms with Crippen molar-refractivity contribution >= 4 is 6.09 Å². The Bertz CT molecular complexity index is 581. The molecule has 0 saturated heterocycles. The number of nitrogens with one attached hydrogen (secondary N) is 1. The van der Waals surface area contributed by atoms with E-state index in [0.717, 1.165) is 30.6 Å². The van der Waals surface area contributed by atoms with Crippen LogP contribution in [0.1, 0.15) is 17.5 Å². The lowest BCUT2D eigenvalue weighted by molar-refractivity contribution is 0.145. The molecule has 0 atom stereocenters. The van der Waals surface area contributed by atoms with Crippen LogP contribution in [-0.2, 0) is 17.6 Å². The molecule has 2 aromatic rings. The highest BCUT2D eigenvalue weighted by Gasteiger charge is 2.02. The van der Waals surface area contributed by atoms with Crippen molar-refractivity contribution in [2.45, 2.75) is 19.3 Å². The van der Waals surface area contributed by atoms with Gasteiger partial charge < -0.3 is 14.8 Å². The van der Waals surface area contributed by atoms with E-state index in [-0.39, 0.29) is 6.09 Å². The van der Waals surface area contributed by atoms with E-state index in [9.17, 15) is 4.79 Å². The molecule has 0 fully saturated rings. The van der Waals surface area contributed by atoms with Gasteiger partial charge in [0, 0.05) is 6.54 Å². The van der Waals surface area contributed by atoms with Crippen molar-refractivity contribution in [2.24, 2.45) is 0 Å². The van der Waals surface area contributed by atoms with Gasteiger partial charge in [-0.05, 0) is 42.5 Å². The SMILES string of the molecule is COc1ccc(CCNC(=O)OCCCc2ccccc2)cc1. The zero-order valence-corrected chi connectivity index (χ0v) is 13.5. The Morgan fingerprint density at radius 2 is 1.65 bits per heavy atom. The van der Waals surface area contributed by atoms with Crippen LogP contribution in [-0.4, -0.2) is 26.4 Å². The van der Waals surface area contributed by atoms with Gasteiger partial charge in [0.1, 0.15) is 5.75 Å². The van der Waals surface area contributed by atoms with E-state index in [0.29, 0.717) is 13.2 Å². The number of rotatable bonds is 8. The molecule has 4 nitrogen and oxygen atoms in total. The number of hydrogen-bond acceptors (Lipinski definition) is 3. The molecule has 2 aromatic carbocycles. The summed E-state index contributed by atoms with van der Waals surface area (Å²) >= 11 is 0. The number of amides is 1. The van der Waals surface area contributed by atoms with Gasteiger partial charge >= 0.3 is 6.09 Å². The highest BCUT2D eigenvalue weighted by molar-refractivity contribution is 5.67. The Morgan fingerprint density at radius 3 is 2.35 bits per heavy atom. The summed E-state index contributed by atoms with van der Waals surface area (Å²) in [5, 5.41) is 2.77. The van der Waals surface area contributed by atoms with Crippen LogP contribution in [0.3, 0.4) is 0 Å². The third-order valence-corrected chi connectivity index (χ3v) is 3.53. The van der Waals surface area contributed by atoms with Crippen LogP contribution in [0.4, 0.5) is 4.79 Å². The van der Waals surface area contributed by atoms with Gasteiger partial charge in [-0.1, -0.05) is 42.5 Å². The number of methoxy groups -OCH3 is 1. The largest absolute Gasteiger partial charge is 0.497 e. The van der Waals surface area contributed by atoms with Crippen LogP contribution in [0.25, 0.3) is 0 Å². The average molecular weight is 313 g/mol. The number of carbonyl (C=O) groups is 1. The fourth-order valence-corrected chi connectivity index (χ4v) is 2.24. The van der Waals surface area contributed by atoms with E-state index in [1.54, 1.807) is 7.11 Å². The minimum absolute atomic E-state index is 0.355. The molecule has 0 saturated carbocycles. The van der Waals surface area contributed by atoms with E-state index in [4.69, 9.17) is 9.47 Å². The van der Waals surface area contributed by atoms with E-state index in [2.05, 4.69) is 17.4 Å². The van der Waals surface area contributed by atoms with Gasteiger partial charge in [0.2, 0.25) is 0 Å². The van der Waals surface area contributed by atoms with Crippen molar-refractivity contribution in [3.8, 4) is 5.75 Å². The summed E-state index contributed by atoms with van der Waals surface area (Å²) in [7, 11) is 1.64. The first kappa shape index (κ1) is 16.9. The predicted octanol–water partition coefficient (Wildman–Crippen LogP) is 3.60. The Balaban J connectivity index is 1.56. The van der Waals surface area contributed by atoms with Crippen molar-refractivity contribution in [1.82, 2.24) is 5.32 Å². The molecule has 23 heavy (non-hydrogen) atoms. The summed E-state index contributed by atoms with van der Waals surface area (Å²) in [6, 6.07) is 18.0. The van der Waals surface area contributed by atoms with Crippen molar-refractivity contribution < 1.29 is 14.3 Å². The summed E-state index contributed by atoms with van der Waals surface area (Å²) in [5.74, 6) is 0.833. The highest BCUT2D eigenvalue weighted by Crippen LogP contribution is 2.11. The standard InChI is InChI=1S/C19H23NO3/c1-22-18-11-9-17(10-12-18)13-14-20-19(21)23-15-5-8-16-6-3-2-4-7-16/h2-4,6-7,9-12H,5,8,13-15H2,1H3,(H,20,21). The van der Waals surface area contributed by atoms with Gasteiger partial charge in [0.05, 0.1) is 13.7 Å². The van der Waals surface area contributed by atoms with Gasteiger partial charge in [-0.15, -0.1) is 0 Å². The minimum Gasteiger partial charge on any atom is -0.497 e. The maximum absolute atomic E-state index is 11.6. The zero-order valence-electron chi connectivity index (χ0n) is 13.5. The summed E-state index contributed by atoms with van der Waals surface area (Å²) in [6.07, 6.45) is 2.16. The Morgan fingerprint density at radius 1 is 0.957 bits per heavy atom. The summed E-state index contributed by atoms with van der Waals surface area (Å²) in [6.45, 7) is 0.993. The molecule has 4 heteroatoms. The second-order valence-corrected chi connectivity index (χ2v) is 5.25. The quantitative estimate of drug-likeness (QED) is 0.758. The number of benzene rings is 2. The van der Waals surface area contributed by atoms with E-state index in [1.165, 1.54) is 5.56 Å². The van der Waals surface area contributed by atoms with Crippen LogP contribution in [0.2, 0.25) is 0 Å². The first-order valence-corrected chi connectivity index (χ1v) is 7.85. The fourth-order valence-electron chi connectivity index (χ4n) is 2.24. The van der Waals surface area contributed by atoms with Crippen LogP contribution in [0.15, 0.2) is 54.6 Å². The second-order valence-electron chi connectivity index (χ2n) is 5.25. The monoisotopic (exact) mass is 313 g/mol. The first-order valence-electron chi connectivity index (χ1n) is 7.85. The summed E-state index contributed by atoms with van der Waals surface area (Å²) in [4.78, 5) is 11.6. The van der Waals surface area contributed by atoms with Gasteiger partial charge in [-0.25, -0.2) is 4.79 Å². The summed E-state index contributed by atoms with van der Waals surface area (Å²) in [5.41, 5.74) is 2.41. The fraction of sp³-hybridized carbons (Fsp3) is 0.316. The predicted molar refractivity (Wildman–Crippen MR) is 90.8 cm³/mol. The Labute approximate surface area is 137 Å². The molecule has 0 bridgehead atoms. The van der Waals surface area contributed by atoms with Crippen molar-refractivity contribution in [3.63, 3.8) is 0 Å². The lowest BCUT2D eigenvalue weighted by Gasteiger charge is -2.07. The average Bonchev–Trinajstić information content (AvgIpc) is 2.60. The number of ether oxygens (including phenoxy) is 2. The number of hydrogen-bond donors (Lipinski definition) is 1. The smallest absolute Gasteiger partial charge is 0.407 e. The molecule has 0 unspecified atom stereocenters. The van der Waals surface area contributed by atoms with Crippen LogP contribution in [0.5, 0.6) is 5.75 Å². The molecule has 0 radical (unpaired) electrons. The lowest BCUT2D eigenvalue weighted by atomic mass is 10.1. The van der Waals surface area contributed by atoms with Gasteiger partial charge in [0.25, 0.3) is 0 Å². The third-order valence-electron chi connectivity index (χ3n) is 3.53. The third kappa shape index (κ3) is 6.43. The maximum atomic E-state index is 11.6. The van der Waals surface area contributed by atoms with Crippen molar-refractivity contribution in [1.29, 1.82) is 0 Å². The molecule has 122 valence electrons. The number of carbonyl (C=O) groups excluding carboxylic acids is 1. The topological polar surface area (TPSA) is 47.6 Å². The normalized spacial score (nSPS) is 10.1. The molecule has 0 spiro atoms. The zero-order chi connectivity index (χ0) is 16.3. The Hall–Kier alpha value is -2.49. The molecule has 0 aliphatic heterocycles. The summed E-state index contributed by atoms with van der Waals surface area (Å²) < 4.78 is 10.3. The molecule has 0 aliphatic carbocycles. The van der Waals surface area contributed by atoms with Gasteiger partial charge in [-0.3, -0.25) is 0 Å². The molecule has 0 heterocycles. The Kier molecular flexibility index (Phi) is 6.98. The molecule has 0 aromatic heterocycles. The molecule has 1 amide bonds. The van der Waals surface area contributed by atoms with E-state index in [1.807, 2.05) is 42.5 Å². The van der Waals surface area contributed by atoms with E-state index < -0.39 is 0 Å². The van der Waals surface area contributed by atoms with E-state index >= 15 is 0 Å². The molecule has 1 N–H and O–H groups in total. The molecule has 0 aliphatic rings. The highest BCUT2D eigenvalue weighted by atomic mass is 16.5. The van der Waals surface area contributed by atoms with Gasteiger partial charge in [0.15, 0.2) is 0 Å². The number of alkyl carbamates (subject to hydrolysis) is 1. The van der Waals surface area contributed by atoms with Crippen LogP contribution in [0, 0.1) is 0 Å². The van der Waals surface area contributed by atoms with Gasteiger partial charge in [-0.2, -0.15) is 0 Å². The number of aryl methyl sites for hydroxylation is 1. The lowest BCUT2D eigenvalue weighted by Crippen LogP contribution is -2.26. The first-order chi connectivity index (χ1) is 11.3. The van der Waals surface area contributed by atoms with Crippen molar-refractivity contribution in [3.05, 3.63) is 65.7 Å². The van der Waals surface area contributed by atoms with Crippen molar-refractivity contribution in [2.75, 3.05) is 20.3 Å². The van der Waals surface area contributed by atoms with Crippen LogP contribution < -0.4 is 10.1 Å². The minimum atomic E-state index is -0.355. The molecular weight excluding hydrogens is 290 g/mol. The second kappa shape index (κ2) is 9.51. The van der Waals surface area contributed by atoms with Crippen LogP contribution >= 0.6 is 0 Å². The molecular formula is C19H23NO3. The molecule has 2 rings (SSSR count). The maximum Gasteiger partial charge on any atom is 0.407 e.